The van der Waals surface area contributed by atoms with Gasteiger partial charge in [0.25, 0.3) is 0 Å². The number of pyridine rings is 1. The second kappa shape index (κ2) is 7.92. The van der Waals surface area contributed by atoms with Gasteiger partial charge in [-0.1, -0.05) is 6.92 Å². The van der Waals surface area contributed by atoms with Crippen LogP contribution >= 0.6 is 0 Å². The van der Waals surface area contributed by atoms with Crippen molar-refractivity contribution in [1.29, 1.82) is 0 Å². The summed E-state index contributed by atoms with van der Waals surface area (Å²) in [6, 6.07) is 4.07. The van der Waals surface area contributed by atoms with E-state index >= 15 is 8.78 Å². The molecule has 0 amide bonds. The Morgan fingerprint density at radius 1 is 1.03 bits per heavy atom. The van der Waals surface area contributed by atoms with E-state index in [0.717, 1.165) is 24.3 Å². The van der Waals surface area contributed by atoms with E-state index in [0.29, 0.717) is 0 Å². The number of benzene rings is 1. The number of rotatable bonds is 6. The molecule has 1 heterocycles. The van der Waals surface area contributed by atoms with Crippen LogP contribution in [0.15, 0.2) is 24.3 Å². The molecule has 1 unspecified atom stereocenters. The highest BCUT2D eigenvalue weighted by Gasteiger charge is 2.57. The van der Waals surface area contributed by atoms with Gasteiger partial charge in [-0.3, -0.25) is 0 Å². The molecule has 2 rings (SSSR count). The summed E-state index contributed by atoms with van der Waals surface area (Å²) >= 11 is 0. The lowest BCUT2D eigenvalue weighted by Crippen LogP contribution is -2.50. The molecule has 1 aromatic carbocycles. The van der Waals surface area contributed by atoms with Crippen LogP contribution in [0.25, 0.3) is 11.3 Å². The van der Waals surface area contributed by atoms with Gasteiger partial charge in [0.05, 0.1) is 0 Å². The topological polar surface area (TPSA) is 71.2 Å². The van der Waals surface area contributed by atoms with Gasteiger partial charge in [0.15, 0.2) is 11.6 Å². The van der Waals surface area contributed by atoms with E-state index in [1.807, 2.05) is 0 Å². The zero-order chi connectivity index (χ0) is 22.2. The van der Waals surface area contributed by atoms with Gasteiger partial charge in [-0.15, -0.1) is 0 Å². The Balaban J connectivity index is 2.95. The molecule has 0 fully saturated rings. The van der Waals surface area contributed by atoms with Crippen molar-refractivity contribution in [3.8, 4) is 11.3 Å². The number of hydrogen-bond donors (Lipinski definition) is 3. The van der Waals surface area contributed by atoms with Gasteiger partial charge in [0, 0.05) is 23.2 Å². The lowest BCUT2D eigenvalue weighted by molar-refractivity contribution is -0.264. The number of aliphatic hydroxyl groups is 1. The molecule has 0 radical (unpaired) electrons. The van der Waals surface area contributed by atoms with E-state index in [2.05, 4.69) is 10.3 Å². The third-order valence-electron chi connectivity index (χ3n) is 4.60. The molecule has 0 bridgehead atoms. The van der Waals surface area contributed by atoms with Gasteiger partial charge in [0.2, 0.25) is 5.60 Å². The van der Waals surface area contributed by atoms with Crippen molar-refractivity contribution < 1.29 is 31.4 Å². The lowest BCUT2D eigenvalue weighted by atomic mass is 9.87. The Morgan fingerprint density at radius 2 is 1.59 bits per heavy atom. The van der Waals surface area contributed by atoms with Gasteiger partial charge in [-0.25, -0.2) is 18.2 Å². The number of halogens is 6. The van der Waals surface area contributed by atoms with Crippen molar-refractivity contribution in [2.75, 3.05) is 13.1 Å². The highest BCUT2D eigenvalue weighted by atomic mass is 19.4. The first-order valence-electron chi connectivity index (χ1n) is 8.70. The van der Waals surface area contributed by atoms with Crippen LogP contribution < -0.4 is 11.1 Å². The van der Waals surface area contributed by atoms with Crippen molar-refractivity contribution in [1.82, 2.24) is 10.3 Å². The van der Waals surface area contributed by atoms with Crippen LogP contribution in [0, 0.1) is 17.5 Å². The molecular formula is C19H21F6N3O. The third-order valence-corrected chi connectivity index (χ3v) is 4.60. The van der Waals surface area contributed by atoms with Crippen molar-refractivity contribution >= 4 is 0 Å². The van der Waals surface area contributed by atoms with Crippen LogP contribution in [0.1, 0.15) is 32.0 Å². The molecule has 4 nitrogen and oxygen atoms in total. The molecule has 10 heteroatoms. The summed E-state index contributed by atoms with van der Waals surface area (Å²) < 4.78 is 84.3. The molecule has 0 spiro atoms. The summed E-state index contributed by atoms with van der Waals surface area (Å²) in [5.41, 5.74) is -3.15. The molecular weight excluding hydrogens is 400 g/mol. The van der Waals surface area contributed by atoms with Crippen LogP contribution in [0.2, 0.25) is 0 Å². The maximum Gasteiger partial charge on any atom is 0.424 e. The monoisotopic (exact) mass is 421 g/mol. The van der Waals surface area contributed by atoms with Crippen molar-refractivity contribution in [3.05, 3.63) is 53.0 Å². The number of hydrogen-bond acceptors (Lipinski definition) is 4. The summed E-state index contributed by atoms with van der Waals surface area (Å²) in [5.74, 6) is -3.56. The fourth-order valence-corrected chi connectivity index (χ4v) is 3.04. The van der Waals surface area contributed by atoms with Crippen molar-refractivity contribution in [2.24, 2.45) is 5.73 Å². The second-order valence-corrected chi connectivity index (χ2v) is 7.04. The van der Waals surface area contributed by atoms with Crippen molar-refractivity contribution in [3.63, 3.8) is 0 Å². The standard InChI is InChI=1S/C19H21F6N3O/c1-4-27-17(2,3)12-13(21)15(10-5-7-11(20)8-6-10)28-16(14(12)22)18(29,9-26)19(23,24)25/h5-8,27,29H,4,9,26H2,1-3H3. The number of nitrogens with zero attached hydrogens (tertiary/aromatic N) is 1. The van der Waals surface area contributed by atoms with Crippen LogP contribution in [0.5, 0.6) is 0 Å². The minimum Gasteiger partial charge on any atom is -0.374 e. The second-order valence-electron chi connectivity index (χ2n) is 7.04. The summed E-state index contributed by atoms with van der Waals surface area (Å²) in [6.07, 6.45) is -5.38. The maximum absolute atomic E-state index is 15.3. The zero-order valence-corrected chi connectivity index (χ0v) is 16.0. The first-order valence-corrected chi connectivity index (χ1v) is 8.70. The molecule has 4 N–H and O–H groups in total. The van der Waals surface area contributed by atoms with Gasteiger partial charge in [0.1, 0.15) is 17.2 Å². The van der Waals surface area contributed by atoms with Gasteiger partial charge in [-0.05, 0) is 44.7 Å². The highest BCUT2D eigenvalue weighted by Crippen LogP contribution is 2.42. The fraction of sp³-hybridized carbons (Fsp3) is 0.421. The average molecular weight is 421 g/mol. The van der Waals surface area contributed by atoms with E-state index < -0.39 is 58.3 Å². The first-order chi connectivity index (χ1) is 13.3. The molecule has 0 saturated carbocycles. The normalized spacial score (nSPS) is 14.7. The van der Waals surface area contributed by atoms with E-state index in [-0.39, 0.29) is 12.1 Å². The van der Waals surface area contributed by atoms with E-state index in [1.54, 1.807) is 6.92 Å². The van der Waals surface area contributed by atoms with Crippen LogP contribution in [-0.4, -0.2) is 29.4 Å². The summed E-state index contributed by atoms with van der Waals surface area (Å²) in [5, 5.41) is 13.0. The fourth-order valence-electron chi connectivity index (χ4n) is 3.04. The predicted molar refractivity (Wildman–Crippen MR) is 95.3 cm³/mol. The maximum atomic E-state index is 15.3. The van der Waals surface area contributed by atoms with Gasteiger partial charge < -0.3 is 16.2 Å². The average Bonchev–Trinajstić information content (AvgIpc) is 2.61. The van der Waals surface area contributed by atoms with Crippen LogP contribution in [0.3, 0.4) is 0 Å². The molecule has 1 atom stereocenters. The Kier molecular flexibility index (Phi) is 6.32. The minimum absolute atomic E-state index is 0.0970. The minimum atomic E-state index is -5.38. The SMILES string of the molecule is CCNC(C)(C)c1c(F)c(-c2ccc(F)cc2)nc(C(O)(CN)C(F)(F)F)c1F. The molecule has 160 valence electrons. The summed E-state index contributed by atoms with van der Waals surface area (Å²) in [4.78, 5) is 3.47. The number of nitrogens with one attached hydrogen (secondary N) is 1. The van der Waals surface area contributed by atoms with Crippen molar-refractivity contribution in [2.45, 2.75) is 38.1 Å². The van der Waals surface area contributed by atoms with E-state index in [4.69, 9.17) is 5.73 Å². The van der Waals surface area contributed by atoms with Gasteiger partial charge >= 0.3 is 6.18 Å². The van der Waals surface area contributed by atoms with Crippen LogP contribution in [-0.2, 0) is 11.1 Å². The predicted octanol–water partition coefficient (Wildman–Crippen LogP) is 3.72. The van der Waals surface area contributed by atoms with Gasteiger partial charge in [-0.2, -0.15) is 13.2 Å². The molecule has 1 aromatic heterocycles. The van der Waals surface area contributed by atoms with Crippen LogP contribution in [0.4, 0.5) is 26.3 Å². The highest BCUT2D eigenvalue weighted by molar-refractivity contribution is 5.62. The molecule has 2 aromatic rings. The Hall–Kier alpha value is -2.17. The first kappa shape index (κ1) is 23.1. The number of aromatic nitrogens is 1. The summed E-state index contributed by atoms with van der Waals surface area (Å²) in [6.45, 7) is 3.19. The summed E-state index contributed by atoms with van der Waals surface area (Å²) in [7, 11) is 0. The Labute approximate surface area is 163 Å². The Bertz CT molecular complexity index is 883. The third kappa shape index (κ3) is 4.10. The zero-order valence-electron chi connectivity index (χ0n) is 16.0. The largest absolute Gasteiger partial charge is 0.424 e. The number of nitrogens with two attached hydrogens (primary N) is 1. The molecule has 0 saturated heterocycles. The smallest absolute Gasteiger partial charge is 0.374 e. The lowest BCUT2D eigenvalue weighted by Gasteiger charge is -2.33. The Morgan fingerprint density at radius 3 is 2.03 bits per heavy atom. The molecule has 0 aliphatic heterocycles. The molecule has 29 heavy (non-hydrogen) atoms. The quantitative estimate of drug-likeness (QED) is 0.622. The van der Waals surface area contributed by atoms with E-state index in [1.165, 1.54) is 13.8 Å². The molecule has 0 aliphatic rings. The number of alkyl halides is 3. The molecule has 0 aliphatic carbocycles. The van der Waals surface area contributed by atoms with E-state index in [9.17, 15) is 22.7 Å².